The van der Waals surface area contributed by atoms with Gasteiger partial charge in [-0.3, -0.25) is 14.7 Å². The number of aromatic nitrogens is 2. The summed E-state index contributed by atoms with van der Waals surface area (Å²) in [6.07, 6.45) is 5.76. The van der Waals surface area contributed by atoms with Gasteiger partial charge in [-0.2, -0.15) is 0 Å². The van der Waals surface area contributed by atoms with E-state index in [4.69, 9.17) is 14.7 Å². The molecule has 0 radical (unpaired) electrons. The molecule has 1 atom stereocenters. The zero-order valence-corrected chi connectivity index (χ0v) is 26.2. The van der Waals surface area contributed by atoms with E-state index in [9.17, 15) is 4.79 Å². The third-order valence-corrected chi connectivity index (χ3v) is 10.3. The monoisotopic (exact) mass is 591 g/mol. The first-order valence-corrected chi connectivity index (χ1v) is 16.5. The summed E-state index contributed by atoms with van der Waals surface area (Å²) < 4.78 is 5.82. The first-order valence-electron chi connectivity index (χ1n) is 15.6. The van der Waals surface area contributed by atoms with E-state index >= 15 is 0 Å². The van der Waals surface area contributed by atoms with E-state index < -0.39 is 0 Å². The topological polar surface area (TPSA) is 68.3 Å². The van der Waals surface area contributed by atoms with Crippen LogP contribution in [0.5, 0.6) is 5.75 Å². The minimum absolute atomic E-state index is 0.0293. The lowest BCUT2D eigenvalue weighted by atomic mass is 10.00. The third-order valence-electron chi connectivity index (χ3n) is 9.35. The largest absolute Gasteiger partial charge is 0.494 e. The van der Waals surface area contributed by atoms with Crippen molar-refractivity contribution in [2.45, 2.75) is 38.6 Å². The molecule has 42 heavy (non-hydrogen) atoms. The molecule has 2 aromatic heterocycles. The van der Waals surface area contributed by atoms with Gasteiger partial charge in [-0.25, -0.2) is 4.98 Å². The number of carbonyl (C=O) groups excluding carboxylic acids is 1. The number of hydrogen-bond acceptors (Lipinski definition) is 9. The van der Waals surface area contributed by atoms with Crippen LogP contribution in [-0.4, -0.2) is 110 Å². The van der Waals surface area contributed by atoms with Crippen molar-refractivity contribution in [1.29, 1.82) is 0 Å². The van der Waals surface area contributed by atoms with Crippen molar-refractivity contribution in [1.82, 2.24) is 24.7 Å². The van der Waals surface area contributed by atoms with Crippen LogP contribution in [-0.2, 0) is 4.79 Å². The summed E-state index contributed by atoms with van der Waals surface area (Å²) in [7, 11) is 3.87. The van der Waals surface area contributed by atoms with Crippen LogP contribution in [0.15, 0.2) is 35.8 Å². The molecule has 3 aromatic rings. The van der Waals surface area contributed by atoms with Gasteiger partial charge in [0, 0.05) is 88.8 Å². The normalized spacial score (nSPS) is 20.6. The Hall–Kier alpha value is -2.95. The Morgan fingerprint density at radius 2 is 1.81 bits per heavy atom. The number of carbonyl (C=O) groups is 1. The Morgan fingerprint density at radius 1 is 1.00 bits per heavy atom. The van der Waals surface area contributed by atoms with Gasteiger partial charge >= 0.3 is 0 Å². The molecule has 10 heteroatoms. The van der Waals surface area contributed by atoms with Crippen molar-refractivity contribution in [2.75, 3.05) is 89.4 Å². The van der Waals surface area contributed by atoms with Crippen molar-refractivity contribution < 1.29 is 9.53 Å². The molecule has 9 nitrogen and oxygen atoms in total. The van der Waals surface area contributed by atoms with Gasteiger partial charge in [0.25, 0.3) is 0 Å². The molecule has 6 rings (SSSR count). The lowest BCUT2D eigenvalue weighted by Crippen LogP contribution is -2.48. The SMILES string of the molecule is COc1ccc2cccnc2c1N1CCCN(C(CC(=O)N2CCN(C)CC2)c2csc(N3CCC(C)CC3)n2)CC1. The fourth-order valence-electron chi connectivity index (χ4n) is 6.60. The standard InChI is InChI=1S/C32H45N7O2S/c1-24-9-14-39(15-10-24)32-34-26(23-42-32)27(22-29(40)37-18-16-35(2)17-19-37)36-12-5-13-38(21-20-36)31-28(41-3)8-7-25-6-4-11-33-30(25)31/h4,6-8,11,23-24,27H,5,9-10,12-22H2,1-3H3. The molecule has 1 amide bonds. The maximum atomic E-state index is 13.7. The van der Waals surface area contributed by atoms with Gasteiger partial charge in [-0.05, 0) is 50.4 Å². The molecular weight excluding hydrogens is 546 g/mol. The molecule has 226 valence electrons. The van der Waals surface area contributed by atoms with E-state index in [0.717, 1.165) is 111 Å². The van der Waals surface area contributed by atoms with Crippen molar-refractivity contribution in [3.8, 4) is 5.75 Å². The highest BCUT2D eigenvalue weighted by atomic mass is 32.1. The van der Waals surface area contributed by atoms with Gasteiger partial charge < -0.3 is 24.3 Å². The second-order valence-electron chi connectivity index (χ2n) is 12.2. The van der Waals surface area contributed by atoms with Crippen LogP contribution >= 0.6 is 11.3 Å². The van der Waals surface area contributed by atoms with E-state index in [1.807, 2.05) is 12.3 Å². The summed E-state index contributed by atoms with van der Waals surface area (Å²) in [5.74, 6) is 1.89. The van der Waals surface area contributed by atoms with Crippen LogP contribution in [0.4, 0.5) is 10.8 Å². The Morgan fingerprint density at radius 3 is 2.60 bits per heavy atom. The maximum Gasteiger partial charge on any atom is 0.224 e. The predicted octanol–water partition coefficient (Wildman–Crippen LogP) is 4.35. The van der Waals surface area contributed by atoms with Gasteiger partial charge in [0.2, 0.25) is 5.91 Å². The van der Waals surface area contributed by atoms with Crippen molar-refractivity contribution in [3.63, 3.8) is 0 Å². The number of methoxy groups -OCH3 is 1. The number of pyridine rings is 1. The lowest BCUT2D eigenvalue weighted by molar-refractivity contribution is -0.134. The zero-order chi connectivity index (χ0) is 29.1. The molecule has 0 bridgehead atoms. The summed E-state index contributed by atoms with van der Waals surface area (Å²) >= 11 is 1.74. The van der Waals surface area contributed by atoms with Crippen LogP contribution in [0, 0.1) is 5.92 Å². The minimum atomic E-state index is -0.0293. The number of thiazole rings is 1. The summed E-state index contributed by atoms with van der Waals surface area (Å²) in [5, 5.41) is 4.44. The molecule has 0 spiro atoms. The molecule has 0 aliphatic carbocycles. The molecule has 1 unspecified atom stereocenters. The van der Waals surface area contributed by atoms with Crippen molar-refractivity contribution >= 4 is 39.0 Å². The quantitative estimate of drug-likeness (QED) is 0.402. The number of nitrogens with zero attached hydrogens (tertiary/aromatic N) is 7. The van der Waals surface area contributed by atoms with E-state index in [-0.39, 0.29) is 11.9 Å². The highest BCUT2D eigenvalue weighted by Gasteiger charge is 2.32. The molecule has 3 fully saturated rings. The zero-order valence-electron chi connectivity index (χ0n) is 25.4. The number of likely N-dealkylation sites (N-methyl/N-ethyl adjacent to an activating group) is 1. The Labute approximate surface area is 254 Å². The van der Waals surface area contributed by atoms with Gasteiger partial charge in [0.15, 0.2) is 5.13 Å². The molecule has 3 aliphatic rings. The smallest absolute Gasteiger partial charge is 0.224 e. The molecule has 3 saturated heterocycles. The lowest BCUT2D eigenvalue weighted by Gasteiger charge is -2.35. The number of rotatable bonds is 7. The number of piperidine rings is 1. The first kappa shape index (κ1) is 29.1. The molecule has 0 N–H and O–H groups in total. The summed E-state index contributed by atoms with van der Waals surface area (Å²) in [5.41, 5.74) is 3.10. The Kier molecular flexibility index (Phi) is 9.11. The van der Waals surface area contributed by atoms with Crippen LogP contribution in [0.3, 0.4) is 0 Å². The minimum Gasteiger partial charge on any atom is -0.494 e. The van der Waals surface area contributed by atoms with E-state index in [1.54, 1.807) is 18.4 Å². The van der Waals surface area contributed by atoms with Crippen LogP contribution < -0.4 is 14.5 Å². The van der Waals surface area contributed by atoms with Crippen LogP contribution in [0.25, 0.3) is 10.9 Å². The van der Waals surface area contributed by atoms with Gasteiger partial charge in [0.05, 0.1) is 24.4 Å². The van der Waals surface area contributed by atoms with E-state index in [2.05, 4.69) is 62.1 Å². The summed E-state index contributed by atoms with van der Waals surface area (Å²) in [4.78, 5) is 35.4. The number of ether oxygens (including phenoxy) is 1. The van der Waals surface area contributed by atoms with Crippen molar-refractivity contribution in [2.24, 2.45) is 5.92 Å². The van der Waals surface area contributed by atoms with Gasteiger partial charge in [-0.1, -0.05) is 13.0 Å². The fourth-order valence-corrected chi connectivity index (χ4v) is 7.53. The molecule has 5 heterocycles. The second kappa shape index (κ2) is 13.1. The number of benzene rings is 1. The van der Waals surface area contributed by atoms with Crippen molar-refractivity contribution in [3.05, 3.63) is 41.5 Å². The van der Waals surface area contributed by atoms with Gasteiger partial charge in [-0.15, -0.1) is 11.3 Å². The first-order chi connectivity index (χ1) is 20.5. The predicted molar refractivity (Wildman–Crippen MR) is 171 cm³/mol. The van der Waals surface area contributed by atoms with E-state index in [1.165, 1.54) is 12.8 Å². The molecule has 1 aromatic carbocycles. The van der Waals surface area contributed by atoms with E-state index in [0.29, 0.717) is 6.42 Å². The Bertz CT molecular complexity index is 1350. The number of fused-ring (bicyclic) bond motifs is 1. The fraction of sp³-hybridized carbons (Fsp3) is 0.594. The average molecular weight is 592 g/mol. The third kappa shape index (κ3) is 6.35. The summed E-state index contributed by atoms with van der Waals surface area (Å²) in [6.45, 7) is 11.5. The van der Waals surface area contributed by atoms with Gasteiger partial charge in [0.1, 0.15) is 11.4 Å². The number of amides is 1. The molecular formula is C32H45N7O2S. The van der Waals surface area contributed by atoms with Crippen LogP contribution in [0.1, 0.15) is 44.3 Å². The highest BCUT2D eigenvalue weighted by Crippen LogP contribution is 2.37. The highest BCUT2D eigenvalue weighted by molar-refractivity contribution is 7.13. The number of hydrogen-bond donors (Lipinski definition) is 0. The summed E-state index contributed by atoms with van der Waals surface area (Å²) in [6, 6.07) is 8.20. The Balaban J connectivity index is 1.24. The number of piperazine rings is 1. The molecule has 3 aliphatic heterocycles. The van der Waals surface area contributed by atoms with Crippen LogP contribution in [0.2, 0.25) is 0 Å². The molecule has 0 saturated carbocycles. The maximum absolute atomic E-state index is 13.7. The second-order valence-corrected chi connectivity index (χ2v) is 13.0. The average Bonchev–Trinajstić information content (AvgIpc) is 3.38. The number of anilines is 2.